The standard InChI is InChI=1S/C15H20O3/c16-14-10-18-15-8-12(6-7-13(14)15)17-9-11-4-2-1-3-5-11/h6-8,11,14,16H,1-5,9-10H2. The van der Waals surface area contributed by atoms with Gasteiger partial charge in [-0.2, -0.15) is 0 Å². The fourth-order valence-corrected chi connectivity index (χ4v) is 2.83. The second-order valence-electron chi connectivity index (χ2n) is 5.34. The lowest BCUT2D eigenvalue weighted by Crippen LogP contribution is -2.15. The lowest BCUT2D eigenvalue weighted by atomic mass is 9.90. The summed E-state index contributed by atoms with van der Waals surface area (Å²) in [5, 5.41) is 9.64. The van der Waals surface area contributed by atoms with Crippen LogP contribution in [0, 0.1) is 5.92 Å². The van der Waals surface area contributed by atoms with E-state index in [1.165, 1.54) is 32.1 Å². The van der Waals surface area contributed by atoms with Gasteiger partial charge in [0, 0.05) is 11.6 Å². The molecule has 1 aliphatic heterocycles. The molecule has 98 valence electrons. The molecule has 1 aliphatic carbocycles. The second-order valence-corrected chi connectivity index (χ2v) is 5.34. The number of benzene rings is 1. The first-order valence-electron chi connectivity index (χ1n) is 6.90. The van der Waals surface area contributed by atoms with E-state index in [0.717, 1.165) is 23.7 Å². The Labute approximate surface area is 108 Å². The molecule has 0 radical (unpaired) electrons. The van der Waals surface area contributed by atoms with Crippen LogP contribution in [0.3, 0.4) is 0 Å². The number of rotatable bonds is 3. The van der Waals surface area contributed by atoms with Crippen LogP contribution in [-0.4, -0.2) is 18.3 Å². The van der Waals surface area contributed by atoms with Gasteiger partial charge in [0.25, 0.3) is 0 Å². The molecule has 0 bridgehead atoms. The smallest absolute Gasteiger partial charge is 0.129 e. The molecule has 0 aromatic heterocycles. The zero-order chi connectivity index (χ0) is 12.4. The minimum atomic E-state index is -0.479. The van der Waals surface area contributed by atoms with Crippen molar-refractivity contribution in [1.29, 1.82) is 0 Å². The Morgan fingerprint density at radius 3 is 2.89 bits per heavy atom. The summed E-state index contributed by atoms with van der Waals surface area (Å²) in [5.74, 6) is 2.33. The summed E-state index contributed by atoms with van der Waals surface area (Å²) in [5.41, 5.74) is 0.875. The molecule has 0 amide bonds. The van der Waals surface area contributed by atoms with Gasteiger partial charge in [-0.1, -0.05) is 19.3 Å². The predicted molar refractivity (Wildman–Crippen MR) is 69.0 cm³/mol. The predicted octanol–water partition coefficient (Wildman–Crippen LogP) is 3.07. The van der Waals surface area contributed by atoms with Crippen molar-refractivity contribution in [2.75, 3.05) is 13.2 Å². The Morgan fingerprint density at radius 1 is 1.22 bits per heavy atom. The summed E-state index contributed by atoms with van der Waals surface area (Å²) >= 11 is 0. The number of ether oxygens (including phenoxy) is 2. The van der Waals surface area contributed by atoms with Gasteiger partial charge >= 0.3 is 0 Å². The van der Waals surface area contributed by atoms with E-state index in [4.69, 9.17) is 9.47 Å². The summed E-state index contributed by atoms with van der Waals surface area (Å²) in [6.45, 7) is 1.17. The van der Waals surface area contributed by atoms with Crippen LogP contribution in [0.15, 0.2) is 18.2 Å². The first kappa shape index (κ1) is 11.8. The minimum absolute atomic E-state index is 0.363. The molecule has 1 aromatic rings. The number of fused-ring (bicyclic) bond motifs is 1. The number of aliphatic hydroxyl groups excluding tert-OH is 1. The van der Waals surface area contributed by atoms with Gasteiger partial charge < -0.3 is 14.6 Å². The number of hydrogen-bond acceptors (Lipinski definition) is 3. The van der Waals surface area contributed by atoms with E-state index in [-0.39, 0.29) is 0 Å². The molecule has 3 heteroatoms. The van der Waals surface area contributed by atoms with Gasteiger partial charge in [-0.05, 0) is 30.9 Å². The van der Waals surface area contributed by atoms with E-state index in [2.05, 4.69) is 0 Å². The summed E-state index contributed by atoms with van der Waals surface area (Å²) in [6.07, 6.45) is 6.16. The Bertz CT molecular complexity index is 410. The number of aliphatic hydroxyl groups is 1. The van der Waals surface area contributed by atoms with Crippen LogP contribution < -0.4 is 9.47 Å². The van der Waals surface area contributed by atoms with E-state index in [1.807, 2.05) is 18.2 Å². The molecule has 0 spiro atoms. The fraction of sp³-hybridized carbons (Fsp3) is 0.600. The van der Waals surface area contributed by atoms with Crippen LogP contribution in [0.1, 0.15) is 43.8 Å². The molecule has 1 aromatic carbocycles. The lowest BCUT2D eigenvalue weighted by molar-refractivity contribution is 0.140. The molecule has 1 unspecified atom stereocenters. The summed E-state index contributed by atoms with van der Waals surface area (Å²) in [7, 11) is 0. The SMILES string of the molecule is OC1COc2cc(OCC3CCCCC3)ccc21. The molecule has 1 saturated carbocycles. The van der Waals surface area contributed by atoms with Gasteiger partial charge in [-0.25, -0.2) is 0 Å². The Hall–Kier alpha value is -1.22. The minimum Gasteiger partial charge on any atom is -0.493 e. The van der Waals surface area contributed by atoms with Crippen LogP contribution in [0.4, 0.5) is 0 Å². The highest BCUT2D eigenvalue weighted by Crippen LogP contribution is 2.35. The zero-order valence-corrected chi connectivity index (χ0v) is 10.6. The third kappa shape index (κ3) is 2.46. The highest BCUT2D eigenvalue weighted by atomic mass is 16.5. The third-order valence-corrected chi connectivity index (χ3v) is 3.95. The largest absolute Gasteiger partial charge is 0.493 e. The van der Waals surface area contributed by atoms with Gasteiger partial charge in [0.15, 0.2) is 0 Å². The van der Waals surface area contributed by atoms with Gasteiger partial charge in [-0.15, -0.1) is 0 Å². The van der Waals surface area contributed by atoms with Crippen molar-refractivity contribution in [3.8, 4) is 11.5 Å². The van der Waals surface area contributed by atoms with E-state index in [9.17, 15) is 5.11 Å². The lowest BCUT2D eigenvalue weighted by Gasteiger charge is -2.21. The van der Waals surface area contributed by atoms with Gasteiger partial charge in [0.05, 0.1) is 6.61 Å². The van der Waals surface area contributed by atoms with Crippen molar-refractivity contribution in [2.24, 2.45) is 5.92 Å². The Balaban J connectivity index is 1.60. The molecule has 3 nitrogen and oxygen atoms in total. The van der Waals surface area contributed by atoms with Crippen molar-refractivity contribution in [3.05, 3.63) is 23.8 Å². The first-order chi connectivity index (χ1) is 8.83. The van der Waals surface area contributed by atoms with Crippen molar-refractivity contribution in [1.82, 2.24) is 0 Å². The summed E-state index contributed by atoms with van der Waals surface area (Å²) in [6, 6.07) is 5.73. The molecule has 3 rings (SSSR count). The van der Waals surface area contributed by atoms with E-state index < -0.39 is 6.10 Å². The summed E-state index contributed by atoms with van der Waals surface area (Å²) < 4.78 is 11.3. The first-order valence-corrected chi connectivity index (χ1v) is 6.90. The maximum atomic E-state index is 9.64. The molecule has 1 atom stereocenters. The highest BCUT2D eigenvalue weighted by molar-refractivity contribution is 5.44. The van der Waals surface area contributed by atoms with Crippen LogP contribution >= 0.6 is 0 Å². The van der Waals surface area contributed by atoms with Crippen molar-refractivity contribution in [3.63, 3.8) is 0 Å². The van der Waals surface area contributed by atoms with Crippen LogP contribution in [0.2, 0.25) is 0 Å². The maximum Gasteiger partial charge on any atom is 0.129 e. The molecule has 18 heavy (non-hydrogen) atoms. The van der Waals surface area contributed by atoms with Crippen molar-refractivity contribution < 1.29 is 14.6 Å². The van der Waals surface area contributed by atoms with Gasteiger partial charge in [0.1, 0.15) is 24.2 Å². The topological polar surface area (TPSA) is 38.7 Å². The van der Waals surface area contributed by atoms with Crippen LogP contribution in [-0.2, 0) is 0 Å². The molecular formula is C15H20O3. The van der Waals surface area contributed by atoms with Crippen LogP contribution in [0.25, 0.3) is 0 Å². The maximum absolute atomic E-state index is 9.64. The monoisotopic (exact) mass is 248 g/mol. The van der Waals surface area contributed by atoms with Gasteiger partial charge in [-0.3, -0.25) is 0 Å². The van der Waals surface area contributed by atoms with E-state index in [1.54, 1.807) is 0 Å². The van der Waals surface area contributed by atoms with Gasteiger partial charge in [0.2, 0.25) is 0 Å². The Kier molecular flexibility index (Phi) is 3.41. The van der Waals surface area contributed by atoms with E-state index >= 15 is 0 Å². The summed E-state index contributed by atoms with van der Waals surface area (Å²) in [4.78, 5) is 0. The molecule has 0 saturated heterocycles. The molecule has 1 heterocycles. The van der Waals surface area contributed by atoms with Crippen molar-refractivity contribution >= 4 is 0 Å². The fourth-order valence-electron chi connectivity index (χ4n) is 2.83. The quantitative estimate of drug-likeness (QED) is 0.893. The molecular weight excluding hydrogens is 228 g/mol. The number of hydrogen-bond donors (Lipinski definition) is 1. The zero-order valence-electron chi connectivity index (χ0n) is 10.6. The van der Waals surface area contributed by atoms with Crippen molar-refractivity contribution in [2.45, 2.75) is 38.2 Å². The average molecular weight is 248 g/mol. The Morgan fingerprint density at radius 2 is 2.06 bits per heavy atom. The van der Waals surface area contributed by atoms with Crippen LogP contribution in [0.5, 0.6) is 11.5 Å². The average Bonchev–Trinajstić information content (AvgIpc) is 2.79. The normalized spacial score (nSPS) is 23.5. The second kappa shape index (κ2) is 5.19. The molecule has 1 fully saturated rings. The highest BCUT2D eigenvalue weighted by Gasteiger charge is 2.22. The molecule has 2 aliphatic rings. The molecule has 1 N–H and O–H groups in total. The third-order valence-electron chi connectivity index (χ3n) is 3.95. The van der Waals surface area contributed by atoms with E-state index in [0.29, 0.717) is 12.5 Å².